The first-order valence-electron chi connectivity index (χ1n) is 14.1. The molecule has 1 aliphatic heterocycles. The summed E-state index contributed by atoms with van der Waals surface area (Å²) in [6.45, 7) is 1.78. The fourth-order valence-corrected chi connectivity index (χ4v) is 5.49. The predicted octanol–water partition coefficient (Wildman–Crippen LogP) is 4.85. The van der Waals surface area contributed by atoms with E-state index >= 15 is 4.39 Å². The second kappa shape index (κ2) is 14.7. The van der Waals surface area contributed by atoms with Crippen LogP contribution in [-0.4, -0.2) is 58.8 Å². The van der Waals surface area contributed by atoms with Crippen LogP contribution in [0.25, 0.3) is 22.5 Å². The number of aliphatic hydroxyl groups is 1. The van der Waals surface area contributed by atoms with Gasteiger partial charge in [0.25, 0.3) is 0 Å². The molecular formula is C31H32Cl2FN7O3. The Labute approximate surface area is 264 Å². The number of amides is 1. The molecule has 0 unspecified atom stereocenters. The van der Waals surface area contributed by atoms with E-state index < -0.39 is 5.82 Å². The quantitative estimate of drug-likeness (QED) is 0.130. The predicted molar refractivity (Wildman–Crippen MR) is 169 cm³/mol. The highest BCUT2D eigenvalue weighted by molar-refractivity contribution is 6.39. The average molecular weight is 641 g/mol. The molecule has 0 saturated carbocycles. The van der Waals surface area contributed by atoms with Crippen molar-refractivity contribution in [1.82, 2.24) is 30.9 Å². The maximum absolute atomic E-state index is 15.4. The van der Waals surface area contributed by atoms with Gasteiger partial charge in [-0.25, -0.2) is 14.4 Å². The second-order valence-corrected chi connectivity index (χ2v) is 10.9. The minimum absolute atomic E-state index is 0.0233. The number of aliphatic hydroxyl groups excluding tert-OH is 1. The van der Waals surface area contributed by atoms with E-state index in [0.717, 1.165) is 12.0 Å². The van der Waals surface area contributed by atoms with Crippen molar-refractivity contribution in [3.63, 3.8) is 0 Å². The number of hydrogen-bond acceptors (Lipinski definition) is 9. The SMILES string of the molecule is COc1nc(-c2ccnc(-c3cccc(Nc4nccc(CNC[C@H]5CCC(=O)N5)c4F)c3Cl)c2Cl)ccc1CNCCO. The molecule has 0 spiro atoms. The van der Waals surface area contributed by atoms with Gasteiger partial charge < -0.3 is 31.1 Å². The summed E-state index contributed by atoms with van der Waals surface area (Å²) in [4.78, 5) is 24.7. The number of rotatable bonds is 13. The highest BCUT2D eigenvalue weighted by Crippen LogP contribution is 2.40. The number of hydrogen-bond donors (Lipinski definition) is 5. The molecule has 0 bridgehead atoms. The standard InChI is InChI=1S/C31H32Cl2FN7O3/c1-44-31-19(16-35-13-14-42)5-7-23(41-31)21-10-12-37-29(27(21)33)22-3-2-4-24(26(22)32)40-30-28(34)18(9-11-38-30)15-36-17-20-6-8-25(43)39-20/h2-5,7,9-12,20,35-36,42H,6,8,13-17H2,1H3,(H,38,40)(H,39,43)/t20-/m1/s1. The first-order valence-corrected chi connectivity index (χ1v) is 14.8. The Morgan fingerprint density at radius 2 is 1.84 bits per heavy atom. The molecule has 3 aromatic heterocycles. The molecule has 1 aromatic carbocycles. The van der Waals surface area contributed by atoms with E-state index in [1.54, 1.807) is 43.6 Å². The third-order valence-corrected chi connectivity index (χ3v) is 7.96. The number of pyridine rings is 3. The third kappa shape index (κ3) is 7.25. The summed E-state index contributed by atoms with van der Waals surface area (Å²) >= 11 is 13.7. The maximum atomic E-state index is 15.4. The Bertz CT molecular complexity index is 1640. The summed E-state index contributed by atoms with van der Waals surface area (Å²) in [5, 5.41) is 21.9. The molecule has 1 saturated heterocycles. The Morgan fingerprint density at radius 1 is 1.02 bits per heavy atom. The van der Waals surface area contributed by atoms with Crippen LogP contribution in [0.4, 0.5) is 15.9 Å². The zero-order valence-electron chi connectivity index (χ0n) is 24.0. The van der Waals surface area contributed by atoms with Crippen molar-refractivity contribution in [2.75, 3.05) is 32.1 Å². The number of aromatic nitrogens is 3. The van der Waals surface area contributed by atoms with Crippen LogP contribution in [-0.2, 0) is 17.9 Å². The van der Waals surface area contributed by atoms with Gasteiger partial charge in [-0.15, -0.1) is 0 Å². The average Bonchev–Trinajstić information content (AvgIpc) is 3.45. The fourth-order valence-electron chi connectivity index (χ4n) is 4.92. The van der Waals surface area contributed by atoms with Crippen LogP contribution in [0.1, 0.15) is 24.0 Å². The lowest BCUT2D eigenvalue weighted by Crippen LogP contribution is -2.35. The Kier molecular flexibility index (Phi) is 10.6. The lowest BCUT2D eigenvalue weighted by Gasteiger charge is -2.16. The minimum Gasteiger partial charge on any atom is -0.481 e. The van der Waals surface area contributed by atoms with Crippen LogP contribution >= 0.6 is 23.2 Å². The molecule has 5 N–H and O–H groups in total. The monoisotopic (exact) mass is 639 g/mol. The number of anilines is 2. The summed E-state index contributed by atoms with van der Waals surface area (Å²) in [6.07, 6.45) is 4.41. The fraction of sp³-hybridized carbons (Fsp3) is 0.290. The third-order valence-electron chi connectivity index (χ3n) is 7.17. The topological polar surface area (TPSA) is 133 Å². The van der Waals surface area contributed by atoms with E-state index in [-0.39, 0.29) is 35.9 Å². The van der Waals surface area contributed by atoms with Gasteiger partial charge >= 0.3 is 0 Å². The number of nitrogens with one attached hydrogen (secondary N) is 4. The summed E-state index contributed by atoms with van der Waals surface area (Å²) in [6, 6.07) is 12.4. The number of halogens is 3. The normalized spacial score (nSPS) is 14.5. The van der Waals surface area contributed by atoms with Crippen molar-refractivity contribution in [2.24, 2.45) is 0 Å². The van der Waals surface area contributed by atoms with Gasteiger partial charge in [0.15, 0.2) is 11.6 Å². The number of benzene rings is 1. The number of methoxy groups -OCH3 is 1. The van der Waals surface area contributed by atoms with Crippen LogP contribution in [0.2, 0.25) is 10.0 Å². The van der Waals surface area contributed by atoms with E-state index in [2.05, 4.69) is 36.2 Å². The zero-order chi connectivity index (χ0) is 31.1. The first kappa shape index (κ1) is 31.6. The van der Waals surface area contributed by atoms with Crippen molar-refractivity contribution in [3.05, 3.63) is 81.8 Å². The molecule has 1 aliphatic rings. The second-order valence-electron chi connectivity index (χ2n) is 10.1. The minimum atomic E-state index is -0.509. The maximum Gasteiger partial charge on any atom is 0.220 e. The molecule has 5 rings (SSSR count). The summed E-state index contributed by atoms with van der Waals surface area (Å²) in [5.41, 5.74) is 3.87. The highest BCUT2D eigenvalue weighted by atomic mass is 35.5. The van der Waals surface area contributed by atoms with E-state index in [1.807, 2.05) is 12.1 Å². The van der Waals surface area contributed by atoms with Crippen molar-refractivity contribution in [1.29, 1.82) is 0 Å². The van der Waals surface area contributed by atoms with Crippen LogP contribution in [0.5, 0.6) is 5.88 Å². The lowest BCUT2D eigenvalue weighted by atomic mass is 10.1. The van der Waals surface area contributed by atoms with Gasteiger partial charge in [-0.3, -0.25) is 9.78 Å². The molecule has 230 valence electrons. The number of carbonyl (C=O) groups excluding carboxylic acids is 1. The lowest BCUT2D eigenvalue weighted by molar-refractivity contribution is -0.119. The van der Waals surface area contributed by atoms with Crippen LogP contribution in [0, 0.1) is 5.82 Å². The van der Waals surface area contributed by atoms with Gasteiger partial charge in [-0.1, -0.05) is 41.4 Å². The smallest absolute Gasteiger partial charge is 0.220 e. The van der Waals surface area contributed by atoms with Gasteiger partial charge in [-0.2, -0.15) is 0 Å². The molecule has 4 aromatic rings. The molecule has 0 radical (unpaired) electrons. The van der Waals surface area contributed by atoms with Gasteiger partial charge in [0.2, 0.25) is 11.8 Å². The summed E-state index contributed by atoms with van der Waals surface area (Å²) < 4.78 is 20.9. The van der Waals surface area contributed by atoms with Crippen molar-refractivity contribution < 1.29 is 19.0 Å². The molecule has 1 fully saturated rings. The molecule has 0 aliphatic carbocycles. The Hall–Kier alpha value is -3.87. The van der Waals surface area contributed by atoms with Crippen molar-refractivity contribution in [2.45, 2.75) is 32.0 Å². The number of carbonyl (C=O) groups is 1. The number of ether oxygens (including phenoxy) is 1. The largest absolute Gasteiger partial charge is 0.481 e. The Morgan fingerprint density at radius 3 is 2.61 bits per heavy atom. The number of nitrogens with zero attached hydrogens (tertiary/aromatic N) is 3. The molecule has 10 nitrogen and oxygen atoms in total. The van der Waals surface area contributed by atoms with Gasteiger partial charge in [0.05, 0.1) is 40.8 Å². The van der Waals surface area contributed by atoms with Crippen LogP contribution in [0.3, 0.4) is 0 Å². The molecule has 44 heavy (non-hydrogen) atoms. The highest BCUT2D eigenvalue weighted by Gasteiger charge is 2.21. The first-order chi connectivity index (χ1) is 21.4. The zero-order valence-corrected chi connectivity index (χ0v) is 25.5. The van der Waals surface area contributed by atoms with Gasteiger partial charge in [-0.05, 0) is 30.7 Å². The van der Waals surface area contributed by atoms with Crippen molar-refractivity contribution in [3.8, 4) is 28.4 Å². The summed E-state index contributed by atoms with van der Waals surface area (Å²) in [5.74, 6) is -0.0144. The Balaban J connectivity index is 1.36. The van der Waals surface area contributed by atoms with E-state index in [1.165, 1.54) is 6.20 Å². The van der Waals surface area contributed by atoms with E-state index in [0.29, 0.717) is 70.7 Å². The van der Waals surface area contributed by atoms with Crippen LogP contribution in [0.15, 0.2) is 54.9 Å². The molecule has 1 amide bonds. The van der Waals surface area contributed by atoms with E-state index in [4.69, 9.17) is 33.0 Å². The molecule has 13 heteroatoms. The van der Waals surface area contributed by atoms with Crippen LogP contribution < -0.4 is 26.0 Å². The molecule has 1 atom stereocenters. The van der Waals surface area contributed by atoms with Gasteiger partial charge in [0.1, 0.15) is 0 Å². The van der Waals surface area contributed by atoms with Crippen molar-refractivity contribution >= 4 is 40.6 Å². The summed E-state index contributed by atoms with van der Waals surface area (Å²) in [7, 11) is 1.54. The molecular weight excluding hydrogens is 608 g/mol. The molecule has 4 heterocycles. The van der Waals surface area contributed by atoms with Gasteiger partial charge in [0, 0.05) is 73.3 Å². The van der Waals surface area contributed by atoms with E-state index in [9.17, 15) is 4.79 Å².